The smallest absolute Gasteiger partial charge is 0.358 e. The summed E-state index contributed by atoms with van der Waals surface area (Å²) in [6.45, 7) is 0. The minimum absolute atomic E-state index is 0.334. The summed E-state index contributed by atoms with van der Waals surface area (Å²) in [7, 11) is 0. The third kappa shape index (κ3) is 2.11. The number of pyridine rings is 1. The summed E-state index contributed by atoms with van der Waals surface area (Å²) < 4.78 is 36.3. The molecular weight excluding hydrogens is 225 g/mol. The number of alkyl halides is 3. The highest BCUT2D eigenvalue weighted by molar-refractivity contribution is 6.31. The normalized spacial score (nSPS) is 11.4. The fourth-order valence-electron chi connectivity index (χ4n) is 0.729. The highest BCUT2D eigenvalue weighted by Crippen LogP contribution is 2.34. The van der Waals surface area contributed by atoms with Crippen LogP contribution in [0.5, 0.6) is 0 Å². The van der Waals surface area contributed by atoms with Gasteiger partial charge in [0, 0.05) is 0 Å². The lowest BCUT2D eigenvalue weighted by molar-refractivity contribution is -0.389. The van der Waals surface area contributed by atoms with Crippen molar-refractivity contribution in [2.75, 3.05) is 0 Å². The molecule has 0 aliphatic heterocycles. The number of nitro groups is 1. The quantitative estimate of drug-likeness (QED) is 0.546. The first-order valence-electron chi connectivity index (χ1n) is 3.19. The minimum atomic E-state index is -4.65. The second-order valence-corrected chi connectivity index (χ2v) is 2.68. The van der Waals surface area contributed by atoms with Crippen LogP contribution in [0.4, 0.5) is 19.0 Å². The number of halogens is 4. The van der Waals surface area contributed by atoms with E-state index >= 15 is 0 Å². The standard InChI is InChI=1S/C6H2ClF3N2O2/c7-4-1-5(12(13)14)11-2-3(4)6(8,9)10/h1-2H. The first-order valence-corrected chi connectivity index (χ1v) is 3.57. The van der Waals surface area contributed by atoms with Gasteiger partial charge in [0.1, 0.15) is 5.56 Å². The molecular formula is C6H2ClF3N2O2. The van der Waals surface area contributed by atoms with Gasteiger partial charge in [0.05, 0.1) is 11.1 Å². The second kappa shape index (κ2) is 3.41. The summed E-state index contributed by atoms with van der Waals surface area (Å²) >= 11 is 5.19. The molecule has 1 aromatic heterocycles. The molecule has 0 aliphatic rings. The summed E-state index contributed by atoms with van der Waals surface area (Å²) in [5, 5.41) is 9.38. The summed E-state index contributed by atoms with van der Waals surface area (Å²) in [4.78, 5) is 12.2. The molecule has 0 fully saturated rings. The molecule has 0 aromatic carbocycles. The summed E-state index contributed by atoms with van der Waals surface area (Å²) in [5.41, 5.74) is -1.19. The Morgan fingerprint density at radius 3 is 2.43 bits per heavy atom. The van der Waals surface area contributed by atoms with E-state index in [-0.39, 0.29) is 0 Å². The molecule has 0 radical (unpaired) electrons. The Hall–Kier alpha value is -1.37. The Morgan fingerprint density at radius 1 is 1.50 bits per heavy atom. The van der Waals surface area contributed by atoms with Crippen LogP contribution >= 0.6 is 11.6 Å². The van der Waals surface area contributed by atoms with Gasteiger partial charge in [-0.05, 0) is 9.91 Å². The lowest BCUT2D eigenvalue weighted by atomic mass is 10.3. The number of hydrogen-bond acceptors (Lipinski definition) is 3. The van der Waals surface area contributed by atoms with Crippen LogP contribution in [0.1, 0.15) is 5.56 Å². The zero-order valence-corrected chi connectivity index (χ0v) is 7.13. The molecule has 0 saturated heterocycles. The van der Waals surface area contributed by atoms with Crippen LogP contribution in [0.2, 0.25) is 5.02 Å². The van der Waals surface area contributed by atoms with Gasteiger partial charge < -0.3 is 10.1 Å². The molecule has 0 unspecified atom stereocenters. The van der Waals surface area contributed by atoms with E-state index in [0.717, 1.165) is 0 Å². The number of nitrogens with zero attached hydrogens (tertiary/aromatic N) is 2. The van der Waals surface area contributed by atoms with Crippen molar-refractivity contribution in [3.63, 3.8) is 0 Å². The molecule has 1 aromatic rings. The van der Waals surface area contributed by atoms with Gasteiger partial charge in [0.25, 0.3) is 0 Å². The van der Waals surface area contributed by atoms with Gasteiger partial charge in [-0.2, -0.15) is 13.2 Å². The van der Waals surface area contributed by atoms with Gasteiger partial charge in [0.15, 0.2) is 6.20 Å². The Balaban J connectivity index is 3.21. The highest BCUT2D eigenvalue weighted by Gasteiger charge is 2.35. The Labute approximate surface area is 80.5 Å². The van der Waals surface area contributed by atoms with Crippen LogP contribution in [0.25, 0.3) is 0 Å². The van der Waals surface area contributed by atoms with Crippen molar-refractivity contribution in [2.24, 2.45) is 0 Å². The van der Waals surface area contributed by atoms with Crippen LogP contribution < -0.4 is 0 Å². The first kappa shape index (κ1) is 10.7. The van der Waals surface area contributed by atoms with Gasteiger partial charge in [-0.3, -0.25) is 0 Å². The van der Waals surface area contributed by atoms with Crippen molar-refractivity contribution in [1.82, 2.24) is 4.98 Å². The van der Waals surface area contributed by atoms with E-state index in [1.165, 1.54) is 0 Å². The summed E-state index contributed by atoms with van der Waals surface area (Å²) in [5.74, 6) is -0.719. The van der Waals surface area contributed by atoms with Crippen molar-refractivity contribution in [3.8, 4) is 0 Å². The minimum Gasteiger partial charge on any atom is -0.358 e. The summed E-state index contributed by atoms with van der Waals surface area (Å²) in [6, 6.07) is 0.560. The van der Waals surface area contributed by atoms with Crippen molar-refractivity contribution in [1.29, 1.82) is 0 Å². The first-order chi connectivity index (χ1) is 6.32. The average molecular weight is 227 g/mol. The topological polar surface area (TPSA) is 56.0 Å². The van der Waals surface area contributed by atoms with E-state index in [9.17, 15) is 23.3 Å². The van der Waals surface area contributed by atoms with Gasteiger partial charge in [0.2, 0.25) is 0 Å². The molecule has 14 heavy (non-hydrogen) atoms. The van der Waals surface area contributed by atoms with Gasteiger partial charge in [-0.15, -0.1) is 0 Å². The molecule has 0 aliphatic carbocycles. The Bertz CT molecular complexity index is 380. The number of hydrogen-bond donors (Lipinski definition) is 0. The van der Waals surface area contributed by atoms with Crippen molar-refractivity contribution >= 4 is 17.4 Å². The zero-order valence-electron chi connectivity index (χ0n) is 6.38. The second-order valence-electron chi connectivity index (χ2n) is 2.28. The van der Waals surface area contributed by atoms with E-state index in [2.05, 4.69) is 4.98 Å². The predicted molar refractivity (Wildman–Crippen MR) is 40.9 cm³/mol. The van der Waals surface area contributed by atoms with Crippen LogP contribution in [0, 0.1) is 10.1 Å². The van der Waals surface area contributed by atoms with Gasteiger partial charge in [-0.25, -0.2) is 0 Å². The number of rotatable bonds is 1. The molecule has 0 N–H and O–H groups in total. The largest absolute Gasteiger partial charge is 0.421 e. The van der Waals surface area contributed by atoms with E-state index in [1.54, 1.807) is 0 Å². The van der Waals surface area contributed by atoms with Crippen molar-refractivity contribution in [2.45, 2.75) is 6.18 Å². The van der Waals surface area contributed by atoms with E-state index in [1.807, 2.05) is 0 Å². The lowest BCUT2D eigenvalue weighted by Gasteiger charge is -2.05. The third-order valence-electron chi connectivity index (χ3n) is 1.33. The highest BCUT2D eigenvalue weighted by atomic mass is 35.5. The monoisotopic (exact) mass is 226 g/mol. The molecule has 0 amide bonds. The van der Waals surface area contributed by atoms with Crippen LogP contribution in [0.3, 0.4) is 0 Å². The SMILES string of the molecule is O=[N+]([O-])c1cc(Cl)c(C(F)(F)F)cn1. The molecule has 0 atom stereocenters. The molecule has 1 rings (SSSR count). The van der Waals surface area contributed by atoms with Crippen LogP contribution in [-0.4, -0.2) is 9.91 Å². The maximum Gasteiger partial charge on any atom is 0.421 e. The lowest BCUT2D eigenvalue weighted by Crippen LogP contribution is -2.07. The zero-order chi connectivity index (χ0) is 10.9. The average Bonchev–Trinajstić information content (AvgIpc) is 2.01. The van der Waals surface area contributed by atoms with Gasteiger partial charge >= 0.3 is 12.0 Å². The molecule has 4 nitrogen and oxygen atoms in total. The predicted octanol–water partition coefficient (Wildman–Crippen LogP) is 2.66. The number of aromatic nitrogens is 1. The third-order valence-corrected chi connectivity index (χ3v) is 1.64. The van der Waals surface area contributed by atoms with E-state index in [0.29, 0.717) is 12.3 Å². The molecule has 0 bridgehead atoms. The maximum absolute atomic E-state index is 12.1. The molecule has 0 saturated carbocycles. The fraction of sp³-hybridized carbons (Fsp3) is 0.167. The molecule has 0 spiro atoms. The summed E-state index contributed by atoms with van der Waals surface area (Å²) in [6.07, 6.45) is -4.32. The Kier molecular flexibility index (Phi) is 2.61. The van der Waals surface area contributed by atoms with Gasteiger partial charge in [-0.1, -0.05) is 11.6 Å². The molecule has 76 valence electrons. The molecule has 1 heterocycles. The van der Waals surface area contributed by atoms with Crippen molar-refractivity contribution < 1.29 is 18.1 Å². The fourth-order valence-corrected chi connectivity index (χ4v) is 0.983. The van der Waals surface area contributed by atoms with E-state index in [4.69, 9.17) is 11.6 Å². The van der Waals surface area contributed by atoms with E-state index < -0.39 is 27.5 Å². The van der Waals surface area contributed by atoms with Crippen LogP contribution in [-0.2, 0) is 6.18 Å². The Morgan fingerprint density at radius 2 is 2.07 bits per heavy atom. The van der Waals surface area contributed by atoms with Crippen molar-refractivity contribution in [3.05, 3.63) is 33.0 Å². The van der Waals surface area contributed by atoms with Crippen LogP contribution in [0.15, 0.2) is 12.3 Å². The molecule has 8 heteroatoms. The maximum atomic E-state index is 12.1.